The monoisotopic (exact) mass is 267 g/mol. The molecule has 0 aliphatic carbocycles. The third-order valence-electron chi connectivity index (χ3n) is 3.85. The fourth-order valence-electron chi connectivity index (χ4n) is 2.64. The van der Waals surface area contributed by atoms with E-state index < -0.39 is 0 Å². The second-order valence-electron chi connectivity index (χ2n) is 5.05. The van der Waals surface area contributed by atoms with Crippen LogP contribution in [0, 0.1) is 0 Å². The first-order valence-electron chi connectivity index (χ1n) is 7.11. The summed E-state index contributed by atoms with van der Waals surface area (Å²) in [5.74, 6) is 0. The standard InChI is InChI=1S/C13H25N5O/c1-3-13-10-16(4-6-17(13)8-9-19-2)5-7-18-12-14-11-15-18/h11-13H,3-10H2,1-2H3/t13-/m0/s1. The highest BCUT2D eigenvalue weighted by Gasteiger charge is 2.24. The summed E-state index contributed by atoms with van der Waals surface area (Å²) in [5, 5.41) is 4.15. The van der Waals surface area contributed by atoms with E-state index in [0.29, 0.717) is 6.04 Å². The maximum atomic E-state index is 5.19. The van der Waals surface area contributed by atoms with E-state index in [0.717, 1.165) is 45.9 Å². The molecule has 1 aromatic rings. The number of hydrogen-bond acceptors (Lipinski definition) is 5. The molecule has 0 radical (unpaired) electrons. The lowest BCUT2D eigenvalue weighted by atomic mass is 10.1. The van der Waals surface area contributed by atoms with Gasteiger partial charge in [0.25, 0.3) is 0 Å². The third-order valence-corrected chi connectivity index (χ3v) is 3.85. The van der Waals surface area contributed by atoms with Crippen LogP contribution in [0.5, 0.6) is 0 Å². The number of piperazine rings is 1. The molecule has 0 bridgehead atoms. The minimum Gasteiger partial charge on any atom is -0.383 e. The normalized spacial score (nSPS) is 21.9. The molecule has 6 heteroatoms. The van der Waals surface area contributed by atoms with Gasteiger partial charge in [0.05, 0.1) is 13.2 Å². The molecular weight excluding hydrogens is 242 g/mol. The summed E-state index contributed by atoms with van der Waals surface area (Å²) in [6.45, 7) is 9.54. The van der Waals surface area contributed by atoms with E-state index in [4.69, 9.17) is 4.74 Å². The Morgan fingerprint density at radius 1 is 1.26 bits per heavy atom. The Labute approximate surface area is 115 Å². The van der Waals surface area contributed by atoms with Crippen LogP contribution in [-0.2, 0) is 11.3 Å². The summed E-state index contributed by atoms with van der Waals surface area (Å²) in [6, 6.07) is 0.652. The molecule has 6 nitrogen and oxygen atoms in total. The molecule has 1 fully saturated rings. The van der Waals surface area contributed by atoms with Gasteiger partial charge in [-0.05, 0) is 6.42 Å². The van der Waals surface area contributed by atoms with Gasteiger partial charge in [-0.3, -0.25) is 14.5 Å². The van der Waals surface area contributed by atoms with Crippen LogP contribution >= 0.6 is 0 Å². The van der Waals surface area contributed by atoms with Crippen molar-refractivity contribution in [1.82, 2.24) is 24.6 Å². The molecule has 1 aliphatic heterocycles. The van der Waals surface area contributed by atoms with Gasteiger partial charge in [-0.2, -0.15) is 5.10 Å². The molecule has 0 amide bonds. The van der Waals surface area contributed by atoms with Crippen molar-refractivity contribution in [2.24, 2.45) is 0 Å². The molecule has 1 aliphatic rings. The van der Waals surface area contributed by atoms with E-state index >= 15 is 0 Å². The molecule has 2 heterocycles. The van der Waals surface area contributed by atoms with E-state index in [1.165, 1.54) is 6.42 Å². The highest BCUT2D eigenvalue weighted by molar-refractivity contribution is 4.81. The van der Waals surface area contributed by atoms with E-state index in [1.54, 1.807) is 19.8 Å². The summed E-state index contributed by atoms with van der Waals surface area (Å²) in [4.78, 5) is 9.05. The van der Waals surface area contributed by atoms with Gasteiger partial charge >= 0.3 is 0 Å². The Balaban J connectivity index is 1.76. The number of nitrogens with zero attached hydrogens (tertiary/aromatic N) is 5. The summed E-state index contributed by atoms with van der Waals surface area (Å²) in [5.41, 5.74) is 0. The van der Waals surface area contributed by atoms with Crippen molar-refractivity contribution in [2.75, 3.05) is 46.4 Å². The maximum Gasteiger partial charge on any atom is 0.137 e. The molecule has 0 N–H and O–H groups in total. The molecular formula is C13H25N5O. The minimum absolute atomic E-state index is 0.652. The van der Waals surface area contributed by atoms with Crippen LogP contribution in [0.4, 0.5) is 0 Å². The minimum atomic E-state index is 0.652. The molecule has 2 rings (SSSR count). The second-order valence-corrected chi connectivity index (χ2v) is 5.05. The van der Waals surface area contributed by atoms with Crippen LogP contribution in [0.1, 0.15) is 13.3 Å². The number of aromatic nitrogens is 3. The summed E-state index contributed by atoms with van der Waals surface area (Å²) in [6.07, 6.45) is 4.58. The molecule has 108 valence electrons. The van der Waals surface area contributed by atoms with Crippen molar-refractivity contribution in [3.05, 3.63) is 12.7 Å². The topological polar surface area (TPSA) is 46.4 Å². The van der Waals surface area contributed by atoms with Crippen molar-refractivity contribution in [3.63, 3.8) is 0 Å². The molecule has 0 spiro atoms. The first kappa shape index (κ1) is 14.4. The Kier molecular flexibility index (Phi) is 5.75. The van der Waals surface area contributed by atoms with Gasteiger partial charge in [-0.25, -0.2) is 4.98 Å². The lowest BCUT2D eigenvalue weighted by molar-refractivity contribution is 0.0480. The third kappa shape index (κ3) is 4.26. The van der Waals surface area contributed by atoms with E-state index in [-0.39, 0.29) is 0 Å². The average Bonchev–Trinajstić information content (AvgIpc) is 2.96. The van der Waals surface area contributed by atoms with E-state index in [2.05, 4.69) is 26.8 Å². The van der Waals surface area contributed by atoms with Gasteiger partial charge in [-0.1, -0.05) is 6.92 Å². The summed E-state index contributed by atoms with van der Waals surface area (Å²) < 4.78 is 7.09. The van der Waals surface area contributed by atoms with Crippen LogP contribution in [0.2, 0.25) is 0 Å². The van der Waals surface area contributed by atoms with Crippen LogP contribution < -0.4 is 0 Å². The Bertz CT molecular complexity index is 343. The van der Waals surface area contributed by atoms with Gasteiger partial charge in [0.1, 0.15) is 12.7 Å². The summed E-state index contributed by atoms with van der Waals surface area (Å²) in [7, 11) is 1.77. The van der Waals surface area contributed by atoms with Gasteiger partial charge < -0.3 is 4.74 Å². The van der Waals surface area contributed by atoms with Gasteiger partial charge in [0, 0.05) is 45.9 Å². The first-order chi connectivity index (χ1) is 9.33. The maximum absolute atomic E-state index is 5.19. The number of hydrogen-bond donors (Lipinski definition) is 0. The zero-order chi connectivity index (χ0) is 13.5. The summed E-state index contributed by atoms with van der Waals surface area (Å²) >= 11 is 0. The van der Waals surface area contributed by atoms with Crippen molar-refractivity contribution in [1.29, 1.82) is 0 Å². The Morgan fingerprint density at radius 3 is 2.84 bits per heavy atom. The molecule has 0 aromatic carbocycles. The smallest absolute Gasteiger partial charge is 0.137 e. The van der Waals surface area contributed by atoms with Gasteiger partial charge in [0.2, 0.25) is 0 Å². The van der Waals surface area contributed by atoms with Crippen molar-refractivity contribution >= 4 is 0 Å². The Hall–Kier alpha value is -0.980. The predicted molar refractivity (Wildman–Crippen MR) is 74.0 cm³/mol. The highest BCUT2D eigenvalue weighted by Crippen LogP contribution is 2.12. The largest absolute Gasteiger partial charge is 0.383 e. The Morgan fingerprint density at radius 2 is 2.16 bits per heavy atom. The van der Waals surface area contributed by atoms with Crippen LogP contribution in [0.15, 0.2) is 12.7 Å². The molecule has 0 unspecified atom stereocenters. The van der Waals surface area contributed by atoms with Crippen molar-refractivity contribution in [3.8, 4) is 0 Å². The van der Waals surface area contributed by atoms with E-state index in [9.17, 15) is 0 Å². The molecule has 0 saturated carbocycles. The zero-order valence-electron chi connectivity index (χ0n) is 12.0. The lowest BCUT2D eigenvalue weighted by Gasteiger charge is -2.41. The number of methoxy groups -OCH3 is 1. The second kappa shape index (κ2) is 7.57. The zero-order valence-corrected chi connectivity index (χ0v) is 12.0. The molecule has 19 heavy (non-hydrogen) atoms. The number of rotatable bonds is 7. The average molecular weight is 267 g/mol. The SMILES string of the molecule is CC[C@H]1CN(CCn2cncn2)CCN1CCOC. The van der Waals surface area contributed by atoms with Gasteiger partial charge in [-0.15, -0.1) is 0 Å². The van der Waals surface area contributed by atoms with E-state index in [1.807, 2.05) is 4.68 Å². The molecule has 1 aromatic heterocycles. The van der Waals surface area contributed by atoms with Crippen molar-refractivity contribution in [2.45, 2.75) is 25.9 Å². The fourth-order valence-corrected chi connectivity index (χ4v) is 2.64. The van der Waals surface area contributed by atoms with Crippen LogP contribution in [0.3, 0.4) is 0 Å². The first-order valence-corrected chi connectivity index (χ1v) is 7.11. The fraction of sp³-hybridized carbons (Fsp3) is 0.846. The van der Waals surface area contributed by atoms with Gasteiger partial charge in [0.15, 0.2) is 0 Å². The predicted octanol–water partition coefficient (Wildman–Crippen LogP) is 0.321. The van der Waals surface area contributed by atoms with Crippen molar-refractivity contribution < 1.29 is 4.74 Å². The molecule has 1 atom stereocenters. The lowest BCUT2D eigenvalue weighted by Crippen LogP contribution is -2.54. The van der Waals surface area contributed by atoms with Crippen LogP contribution in [0.25, 0.3) is 0 Å². The van der Waals surface area contributed by atoms with Crippen LogP contribution in [-0.4, -0.2) is 77.0 Å². The quantitative estimate of drug-likeness (QED) is 0.712. The highest BCUT2D eigenvalue weighted by atomic mass is 16.5. The molecule has 1 saturated heterocycles. The number of ether oxygens (including phenoxy) is 1.